The number of carbonyl (C=O) groups is 1. The maximum atomic E-state index is 13.0. The molecule has 1 aliphatic rings. The number of rotatable bonds is 5. The Morgan fingerprint density at radius 3 is 2.62 bits per heavy atom. The molecule has 0 saturated carbocycles. The summed E-state index contributed by atoms with van der Waals surface area (Å²) in [6.07, 6.45) is 2.65. The summed E-state index contributed by atoms with van der Waals surface area (Å²) in [6.45, 7) is 3.60. The fourth-order valence-corrected chi connectivity index (χ4v) is 3.65. The molecule has 5 heteroatoms. The molecule has 0 unspecified atom stereocenters. The summed E-state index contributed by atoms with van der Waals surface area (Å²) in [6, 6.07) is 11.8. The molecule has 0 radical (unpaired) electrons. The fraction of sp³-hybridized carbons (Fsp3) is 0.429. The van der Waals surface area contributed by atoms with Crippen molar-refractivity contribution in [1.29, 1.82) is 0 Å². The highest BCUT2D eigenvalue weighted by atomic mass is 16.2. The van der Waals surface area contributed by atoms with Crippen molar-refractivity contribution in [1.82, 2.24) is 14.8 Å². The van der Waals surface area contributed by atoms with Crippen molar-refractivity contribution in [3.05, 3.63) is 69.1 Å². The van der Waals surface area contributed by atoms with Crippen molar-refractivity contribution in [2.45, 2.75) is 38.8 Å². The number of benzene rings is 1. The first-order valence-corrected chi connectivity index (χ1v) is 9.25. The van der Waals surface area contributed by atoms with Crippen molar-refractivity contribution in [2.75, 3.05) is 20.6 Å². The molecule has 0 spiro atoms. The van der Waals surface area contributed by atoms with E-state index in [9.17, 15) is 9.59 Å². The average Bonchev–Trinajstić information content (AvgIpc) is 3.10. The van der Waals surface area contributed by atoms with E-state index in [0.717, 1.165) is 31.6 Å². The van der Waals surface area contributed by atoms with E-state index >= 15 is 0 Å². The van der Waals surface area contributed by atoms with Crippen molar-refractivity contribution < 1.29 is 4.79 Å². The Morgan fingerprint density at radius 1 is 1.23 bits per heavy atom. The van der Waals surface area contributed by atoms with Crippen molar-refractivity contribution in [3.63, 3.8) is 0 Å². The number of nitrogens with one attached hydrogen (secondary N) is 1. The Kier molecular flexibility index (Phi) is 5.57. The summed E-state index contributed by atoms with van der Waals surface area (Å²) in [4.78, 5) is 31.7. The Labute approximate surface area is 154 Å². The number of likely N-dealkylation sites (tertiary alicyclic amines) is 1. The quantitative estimate of drug-likeness (QED) is 0.899. The molecule has 1 N–H and O–H groups in total. The van der Waals surface area contributed by atoms with Gasteiger partial charge in [-0.15, -0.1) is 0 Å². The van der Waals surface area contributed by atoms with Crippen LogP contribution in [0.1, 0.15) is 53.0 Å². The van der Waals surface area contributed by atoms with Gasteiger partial charge in [0.25, 0.3) is 5.91 Å². The number of aryl methyl sites for hydroxylation is 1. The molecule has 0 aliphatic carbocycles. The van der Waals surface area contributed by atoms with Crippen LogP contribution in [0.25, 0.3) is 0 Å². The smallest absolute Gasteiger partial charge is 0.254 e. The summed E-state index contributed by atoms with van der Waals surface area (Å²) in [5.74, 6) is -0.0503. The number of aromatic amines is 1. The molecule has 3 rings (SSSR count). The maximum absolute atomic E-state index is 13.0. The van der Waals surface area contributed by atoms with Gasteiger partial charge in [-0.1, -0.05) is 31.2 Å². The number of H-pyrrole nitrogens is 1. The summed E-state index contributed by atoms with van der Waals surface area (Å²) < 4.78 is 0. The van der Waals surface area contributed by atoms with Crippen LogP contribution in [0, 0.1) is 0 Å². The minimum absolute atomic E-state index is 0.0503. The Balaban J connectivity index is 1.82. The molecule has 1 aromatic heterocycles. The highest BCUT2D eigenvalue weighted by Crippen LogP contribution is 2.33. The zero-order valence-corrected chi connectivity index (χ0v) is 15.8. The number of pyridine rings is 1. The number of carbonyl (C=O) groups excluding carboxylic acids is 1. The largest absolute Gasteiger partial charge is 0.332 e. The minimum Gasteiger partial charge on any atom is -0.332 e. The third-order valence-electron chi connectivity index (χ3n) is 4.90. The predicted molar refractivity (Wildman–Crippen MR) is 103 cm³/mol. The molecular formula is C21H27N3O2. The van der Waals surface area contributed by atoms with Crippen molar-refractivity contribution in [3.8, 4) is 0 Å². The second-order valence-electron chi connectivity index (χ2n) is 7.25. The van der Waals surface area contributed by atoms with Crippen molar-refractivity contribution in [2.24, 2.45) is 0 Å². The van der Waals surface area contributed by atoms with Crippen LogP contribution in [-0.4, -0.2) is 41.3 Å². The lowest BCUT2D eigenvalue weighted by molar-refractivity contribution is 0.0735. The second-order valence-corrected chi connectivity index (χ2v) is 7.25. The normalized spacial score (nSPS) is 17.1. The zero-order valence-electron chi connectivity index (χ0n) is 15.8. The van der Waals surface area contributed by atoms with Crippen LogP contribution in [0.15, 0.2) is 41.2 Å². The van der Waals surface area contributed by atoms with Crippen LogP contribution in [-0.2, 0) is 13.0 Å². The molecule has 5 nitrogen and oxygen atoms in total. The monoisotopic (exact) mass is 353 g/mol. The Hall–Kier alpha value is -2.40. The minimum atomic E-state index is -0.212. The number of nitrogens with zero attached hydrogens (tertiary/aromatic N) is 2. The highest BCUT2D eigenvalue weighted by Gasteiger charge is 2.30. The molecule has 138 valence electrons. The molecule has 1 fully saturated rings. The van der Waals surface area contributed by atoms with Gasteiger partial charge in [-0.25, -0.2) is 0 Å². The van der Waals surface area contributed by atoms with Gasteiger partial charge >= 0.3 is 0 Å². The molecule has 1 amide bonds. The Morgan fingerprint density at radius 2 is 1.96 bits per heavy atom. The van der Waals surface area contributed by atoms with Gasteiger partial charge < -0.3 is 14.8 Å². The first kappa shape index (κ1) is 18.4. The van der Waals surface area contributed by atoms with E-state index in [1.54, 1.807) is 6.07 Å². The van der Waals surface area contributed by atoms with Gasteiger partial charge in [0.2, 0.25) is 5.56 Å². The number of hydrogen-bond donors (Lipinski definition) is 1. The molecule has 2 aromatic rings. The van der Waals surface area contributed by atoms with Crippen LogP contribution >= 0.6 is 0 Å². The molecule has 1 aromatic carbocycles. The highest BCUT2D eigenvalue weighted by molar-refractivity contribution is 5.94. The zero-order chi connectivity index (χ0) is 18.7. The first-order valence-electron chi connectivity index (χ1n) is 9.25. The number of amides is 1. The lowest BCUT2D eigenvalue weighted by Gasteiger charge is -2.25. The van der Waals surface area contributed by atoms with Gasteiger partial charge in [0.05, 0.1) is 6.04 Å². The van der Waals surface area contributed by atoms with E-state index < -0.39 is 0 Å². The molecule has 26 heavy (non-hydrogen) atoms. The van der Waals surface area contributed by atoms with E-state index in [1.165, 1.54) is 17.2 Å². The summed E-state index contributed by atoms with van der Waals surface area (Å²) in [5.41, 5.74) is 3.50. The van der Waals surface area contributed by atoms with Crippen LogP contribution in [0.5, 0.6) is 0 Å². The van der Waals surface area contributed by atoms with Crippen LogP contribution < -0.4 is 5.56 Å². The number of hydrogen-bond acceptors (Lipinski definition) is 3. The predicted octanol–water partition coefficient (Wildman–Crippen LogP) is 2.98. The maximum Gasteiger partial charge on any atom is 0.254 e. The van der Waals surface area contributed by atoms with E-state index in [1.807, 2.05) is 11.8 Å². The van der Waals surface area contributed by atoms with Crippen LogP contribution in [0.4, 0.5) is 0 Å². The van der Waals surface area contributed by atoms with Gasteiger partial charge in [-0.05, 0) is 50.6 Å². The molecule has 2 heterocycles. The van der Waals surface area contributed by atoms with Gasteiger partial charge in [0.1, 0.15) is 0 Å². The number of aromatic nitrogens is 1. The van der Waals surface area contributed by atoms with Crippen LogP contribution in [0.2, 0.25) is 0 Å². The summed E-state index contributed by atoms with van der Waals surface area (Å²) in [7, 11) is 4.11. The second kappa shape index (κ2) is 7.87. The first-order chi connectivity index (χ1) is 12.5. The van der Waals surface area contributed by atoms with Crippen LogP contribution in [0.3, 0.4) is 0 Å². The molecule has 0 bridgehead atoms. The average molecular weight is 353 g/mol. The van der Waals surface area contributed by atoms with E-state index in [4.69, 9.17) is 0 Å². The standard InChI is InChI=1S/C21H27N3O2/c1-4-18-12-17(13-20(25)22-18)21(26)24-11-5-6-19(24)16-9-7-15(8-10-16)14-23(2)3/h7-10,12-13,19H,4-6,11,14H2,1-3H3,(H,22,25)/t19-/m1/s1. The topological polar surface area (TPSA) is 56.4 Å². The van der Waals surface area contributed by atoms with Gasteiger partial charge in [-0.2, -0.15) is 0 Å². The third-order valence-corrected chi connectivity index (χ3v) is 4.90. The fourth-order valence-electron chi connectivity index (χ4n) is 3.65. The van der Waals surface area contributed by atoms with E-state index in [0.29, 0.717) is 12.0 Å². The lowest BCUT2D eigenvalue weighted by atomic mass is 10.0. The Bertz CT molecular complexity index is 824. The van der Waals surface area contributed by atoms with Gasteiger partial charge in [-0.3, -0.25) is 9.59 Å². The van der Waals surface area contributed by atoms with Gasteiger partial charge in [0, 0.05) is 30.4 Å². The molecule has 1 aliphatic heterocycles. The lowest BCUT2D eigenvalue weighted by Crippen LogP contribution is -2.31. The summed E-state index contributed by atoms with van der Waals surface area (Å²) in [5, 5.41) is 0. The van der Waals surface area contributed by atoms with E-state index in [-0.39, 0.29) is 17.5 Å². The molecular weight excluding hydrogens is 326 g/mol. The third kappa shape index (κ3) is 4.05. The van der Waals surface area contributed by atoms with Crippen molar-refractivity contribution >= 4 is 5.91 Å². The molecule has 1 saturated heterocycles. The van der Waals surface area contributed by atoms with Gasteiger partial charge in [0.15, 0.2) is 0 Å². The summed E-state index contributed by atoms with van der Waals surface area (Å²) >= 11 is 0. The molecule has 1 atom stereocenters. The van der Waals surface area contributed by atoms with E-state index in [2.05, 4.69) is 48.2 Å². The SMILES string of the molecule is CCc1cc(C(=O)N2CCC[C@@H]2c2ccc(CN(C)C)cc2)cc(=O)[nH]1.